The maximum absolute atomic E-state index is 5.63. The van der Waals surface area contributed by atoms with E-state index in [0.717, 1.165) is 20.4 Å². The molecule has 26 heavy (non-hydrogen) atoms. The van der Waals surface area contributed by atoms with Crippen LogP contribution in [-0.2, 0) is 18.3 Å². The summed E-state index contributed by atoms with van der Waals surface area (Å²) in [7, 11) is 0. The number of ether oxygens (including phenoxy) is 4. The Morgan fingerprint density at radius 3 is 1.19 bits per heavy atom. The van der Waals surface area contributed by atoms with Gasteiger partial charge in [0.2, 0.25) is 0 Å². The van der Waals surface area contributed by atoms with Gasteiger partial charge < -0.3 is 18.9 Å². The summed E-state index contributed by atoms with van der Waals surface area (Å²) in [6, 6.07) is 16.3. The first-order valence-corrected chi connectivity index (χ1v) is 11.6. The lowest BCUT2D eigenvalue weighted by Gasteiger charge is -2.09. The first kappa shape index (κ1) is 21.7. The molecule has 0 N–H and O–H groups in total. The van der Waals surface area contributed by atoms with Crippen LogP contribution in [0.2, 0.25) is 0 Å². The lowest BCUT2D eigenvalue weighted by atomic mass is 10.2. The SMILES string of the molecule is ICc1ccc(OCCOCCOCCOc2ccc(CI)cc2)cc1. The van der Waals surface area contributed by atoms with Crippen LogP contribution in [-0.4, -0.2) is 39.6 Å². The highest BCUT2D eigenvalue weighted by Crippen LogP contribution is 2.15. The summed E-state index contributed by atoms with van der Waals surface area (Å²) in [6.45, 7) is 3.30. The highest BCUT2D eigenvalue weighted by atomic mass is 127. The first-order valence-electron chi connectivity index (χ1n) is 8.52. The molecule has 4 nitrogen and oxygen atoms in total. The zero-order valence-electron chi connectivity index (χ0n) is 14.7. The predicted octanol–water partition coefficient (Wildman–Crippen LogP) is 5.05. The molecule has 142 valence electrons. The van der Waals surface area contributed by atoms with E-state index in [1.807, 2.05) is 24.3 Å². The van der Waals surface area contributed by atoms with E-state index in [2.05, 4.69) is 69.4 Å². The third-order valence-corrected chi connectivity index (χ3v) is 5.28. The normalized spacial score (nSPS) is 10.7. The minimum absolute atomic E-state index is 0.542. The molecule has 2 aromatic carbocycles. The molecule has 2 aromatic rings. The van der Waals surface area contributed by atoms with Crippen molar-refractivity contribution in [1.29, 1.82) is 0 Å². The molecule has 0 saturated heterocycles. The fourth-order valence-electron chi connectivity index (χ4n) is 2.11. The van der Waals surface area contributed by atoms with Crippen molar-refractivity contribution in [2.75, 3.05) is 39.6 Å². The molecule has 0 aromatic heterocycles. The number of alkyl halides is 2. The van der Waals surface area contributed by atoms with Crippen LogP contribution >= 0.6 is 45.2 Å². The van der Waals surface area contributed by atoms with Crippen LogP contribution in [0, 0.1) is 0 Å². The molecule has 2 rings (SSSR count). The van der Waals surface area contributed by atoms with E-state index in [1.165, 1.54) is 11.1 Å². The van der Waals surface area contributed by atoms with Crippen LogP contribution in [0.1, 0.15) is 11.1 Å². The summed E-state index contributed by atoms with van der Waals surface area (Å²) in [5, 5.41) is 0. The molecule has 0 aliphatic carbocycles. The van der Waals surface area contributed by atoms with Crippen molar-refractivity contribution in [1.82, 2.24) is 0 Å². The fraction of sp³-hybridized carbons (Fsp3) is 0.400. The van der Waals surface area contributed by atoms with Crippen LogP contribution in [0.25, 0.3) is 0 Å². The molecule has 0 unspecified atom stereocenters. The van der Waals surface area contributed by atoms with Gasteiger partial charge in [-0.1, -0.05) is 69.4 Å². The van der Waals surface area contributed by atoms with Crippen molar-refractivity contribution in [3.05, 3.63) is 59.7 Å². The Kier molecular flexibility index (Phi) is 11.3. The van der Waals surface area contributed by atoms with Crippen molar-refractivity contribution in [2.45, 2.75) is 8.86 Å². The van der Waals surface area contributed by atoms with Gasteiger partial charge in [-0.25, -0.2) is 0 Å². The summed E-state index contributed by atoms with van der Waals surface area (Å²) in [6.07, 6.45) is 0. The van der Waals surface area contributed by atoms with Gasteiger partial charge >= 0.3 is 0 Å². The molecule has 6 heteroatoms. The van der Waals surface area contributed by atoms with Gasteiger partial charge in [0, 0.05) is 8.86 Å². The van der Waals surface area contributed by atoms with Gasteiger partial charge in [-0.2, -0.15) is 0 Å². The Morgan fingerprint density at radius 2 is 0.846 bits per heavy atom. The van der Waals surface area contributed by atoms with E-state index in [-0.39, 0.29) is 0 Å². The standard InChI is InChI=1S/C20H24I2O4/c21-15-17-1-5-19(6-2-17)25-13-11-23-9-10-24-12-14-26-20-7-3-18(16-22)4-8-20/h1-8H,9-16H2. The summed E-state index contributed by atoms with van der Waals surface area (Å²) in [4.78, 5) is 0. The Morgan fingerprint density at radius 1 is 0.500 bits per heavy atom. The van der Waals surface area contributed by atoms with Gasteiger partial charge in [0.15, 0.2) is 0 Å². The van der Waals surface area contributed by atoms with Gasteiger partial charge in [0.05, 0.1) is 26.4 Å². The van der Waals surface area contributed by atoms with Gasteiger partial charge in [-0.15, -0.1) is 0 Å². The lowest BCUT2D eigenvalue weighted by Crippen LogP contribution is -2.13. The van der Waals surface area contributed by atoms with Crippen molar-refractivity contribution in [2.24, 2.45) is 0 Å². The van der Waals surface area contributed by atoms with Crippen molar-refractivity contribution < 1.29 is 18.9 Å². The largest absolute Gasteiger partial charge is 0.491 e. The molecule has 0 bridgehead atoms. The summed E-state index contributed by atoms with van der Waals surface area (Å²) in [5.74, 6) is 1.75. The molecule has 0 aliphatic rings. The molecular formula is C20H24I2O4. The van der Waals surface area contributed by atoms with Crippen molar-refractivity contribution >= 4 is 45.2 Å². The summed E-state index contributed by atoms with van der Waals surface area (Å²) < 4.78 is 24.3. The number of benzene rings is 2. The van der Waals surface area contributed by atoms with Crippen molar-refractivity contribution in [3.8, 4) is 11.5 Å². The summed E-state index contributed by atoms with van der Waals surface area (Å²) in [5.41, 5.74) is 2.60. The fourth-order valence-corrected chi connectivity index (χ4v) is 3.13. The second-order valence-corrected chi connectivity index (χ2v) is 7.00. The minimum atomic E-state index is 0.542. The number of halogens is 2. The van der Waals surface area contributed by atoms with Crippen LogP contribution in [0.3, 0.4) is 0 Å². The van der Waals surface area contributed by atoms with E-state index in [0.29, 0.717) is 39.6 Å². The van der Waals surface area contributed by atoms with Gasteiger partial charge in [0.1, 0.15) is 24.7 Å². The molecule has 0 aliphatic heterocycles. The second-order valence-electron chi connectivity index (χ2n) is 5.48. The van der Waals surface area contributed by atoms with Crippen LogP contribution in [0.15, 0.2) is 48.5 Å². The predicted molar refractivity (Wildman–Crippen MR) is 121 cm³/mol. The van der Waals surface area contributed by atoms with Gasteiger partial charge in [0.25, 0.3) is 0 Å². The first-order chi connectivity index (χ1) is 12.8. The Bertz CT molecular complexity index is 547. The third kappa shape index (κ3) is 8.88. The molecule has 0 heterocycles. The molecule has 0 radical (unpaired) electrons. The van der Waals surface area contributed by atoms with Crippen LogP contribution in [0.5, 0.6) is 11.5 Å². The van der Waals surface area contributed by atoms with Crippen LogP contribution < -0.4 is 9.47 Å². The zero-order chi connectivity index (χ0) is 18.5. The zero-order valence-corrected chi connectivity index (χ0v) is 19.0. The summed E-state index contributed by atoms with van der Waals surface area (Å²) >= 11 is 4.69. The molecule has 0 saturated carbocycles. The molecule has 0 amide bonds. The monoisotopic (exact) mass is 582 g/mol. The van der Waals surface area contributed by atoms with E-state index in [9.17, 15) is 0 Å². The van der Waals surface area contributed by atoms with Crippen LogP contribution in [0.4, 0.5) is 0 Å². The topological polar surface area (TPSA) is 36.9 Å². The highest BCUT2D eigenvalue weighted by molar-refractivity contribution is 14.1. The van der Waals surface area contributed by atoms with E-state index < -0.39 is 0 Å². The van der Waals surface area contributed by atoms with E-state index in [4.69, 9.17) is 18.9 Å². The third-order valence-electron chi connectivity index (χ3n) is 3.52. The Balaban J connectivity index is 1.41. The molecule has 0 atom stereocenters. The van der Waals surface area contributed by atoms with Crippen molar-refractivity contribution in [3.63, 3.8) is 0 Å². The van der Waals surface area contributed by atoms with Gasteiger partial charge in [-0.3, -0.25) is 0 Å². The van der Waals surface area contributed by atoms with Gasteiger partial charge in [-0.05, 0) is 35.4 Å². The second kappa shape index (κ2) is 13.6. The molecule has 0 fully saturated rings. The van der Waals surface area contributed by atoms with E-state index in [1.54, 1.807) is 0 Å². The average Bonchev–Trinajstić information content (AvgIpc) is 2.70. The smallest absolute Gasteiger partial charge is 0.119 e. The molecular weight excluding hydrogens is 558 g/mol. The maximum Gasteiger partial charge on any atom is 0.119 e. The number of hydrogen-bond acceptors (Lipinski definition) is 4. The molecule has 0 spiro atoms. The number of hydrogen-bond donors (Lipinski definition) is 0. The lowest BCUT2D eigenvalue weighted by molar-refractivity contribution is 0.0273. The quantitative estimate of drug-likeness (QED) is 0.189. The Hall–Kier alpha value is -0.580. The average molecular weight is 582 g/mol. The maximum atomic E-state index is 5.63. The Labute approximate surface area is 182 Å². The number of rotatable bonds is 13. The van der Waals surface area contributed by atoms with E-state index >= 15 is 0 Å². The minimum Gasteiger partial charge on any atom is -0.491 e. The highest BCUT2D eigenvalue weighted by Gasteiger charge is 1.97.